The molecule has 9 nitrogen and oxygen atoms in total. The molecule has 224 valence electrons. The number of morpholine rings is 1. The van der Waals surface area contributed by atoms with Crippen molar-refractivity contribution in [1.82, 2.24) is 14.5 Å². The fourth-order valence-corrected chi connectivity index (χ4v) is 7.50. The van der Waals surface area contributed by atoms with Gasteiger partial charge in [-0.25, -0.2) is 9.97 Å². The van der Waals surface area contributed by atoms with Crippen LogP contribution < -0.4 is 15.4 Å². The molecule has 2 aromatic carbocycles. The van der Waals surface area contributed by atoms with Gasteiger partial charge in [0.2, 0.25) is 5.91 Å². The largest absolute Gasteiger partial charge is 0.382 e. The van der Waals surface area contributed by atoms with Gasteiger partial charge in [0.15, 0.2) is 0 Å². The number of benzene rings is 2. The molecule has 1 aliphatic carbocycles. The molecule has 7 rings (SSSR count). The van der Waals surface area contributed by atoms with Crippen molar-refractivity contribution in [3.05, 3.63) is 79.8 Å². The molecule has 1 unspecified atom stereocenters. The maximum absolute atomic E-state index is 14.0. The third-order valence-electron chi connectivity index (χ3n) is 9.32. The van der Waals surface area contributed by atoms with Gasteiger partial charge in [0.1, 0.15) is 5.82 Å². The van der Waals surface area contributed by atoms with Crippen molar-refractivity contribution in [3.8, 4) is 0 Å². The number of ether oxygens (including phenoxy) is 2. The second kappa shape index (κ2) is 11.2. The van der Waals surface area contributed by atoms with Gasteiger partial charge in [-0.15, -0.1) is 11.3 Å². The first-order chi connectivity index (χ1) is 20.9. The van der Waals surface area contributed by atoms with Crippen LogP contribution in [0.5, 0.6) is 0 Å². The van der Waals surface area contributed by atoms with E-state index in [1.165, 1.54) is 4.88 Å². The predicted molar refractivity (Wildman–Crippen MR) is 169 cm³/mol. The van der Waals surface area contributed by atoms with E-state index < -0.39 is 0 Å². The zero-order valence-electron chi connectivity index (χ0n) is 25.0. The summed E-state index contributed by atoms with van der Waals surface area (Å²) in [5.41, 5.74) is 7.63. The second-order valence-corrected chi connectivity index (χ2v) is 12.9. The Bertz CT molecular complexity index is 1760. The van der Waals surface area contributed by atoms with Crippen LogP contribution in [0.25, 0.3) is 10.9 Å². The van der Waals surface area contributed by atoms with Crippen LogP contribution in [-0.4, -0.2) is 67.0 Å². The molecule has 0 bridgehead atoms. The van der Waals surface area contributed by atoms with E-state index in [0.29, 0.717) is 38.0 Å². The summed E-state index contributed by atoms with van der Waals surface area (Å²) < 4.78 is 13.0. The Hall–Kier alpha value is -3.60. The molecule has 2 fully saturated rings. The van der Waals surface area contributed by atoms with Crippen LogP contribution in [0.3, 0.4) is 0 Å². The lowest BCUT2D eigenvalue weighted by Crippen LogP contribution is -2.44. The van der Waals surface area contributed by atoms with Crippen LogP contribution >= 0.6 is 11.3 Å². The average Bonchev–Trinajstić information content (AvgIpc) is 3.68. The molecule has 43 heavy (non-hydrogen) atoms. The van der Waals surface area contributed by atoms with Crippen LogP contribution in [-0.2, 0) is 45.5 Å². The highest BCUT2D eigenvalue weighted by Gasteiger charge is 2.58. The number of nitrogens with zero attached hydrogens (tertiary/aromatic N) is 5. The molecule has 10 heteroatoms. The van der Waals surface area contributed by atoms with Gasteiger partial charge in [0, 0.05) is 56.5 Å². The smallest absolute Gasteiger partial charge is 0.261 e. The van der Waals surface area contributed by atoms with E-state index in [2.05, 4.69) is 28.1 Å². The zero-order valence-corrected chi connectivity index (χ0v) is 25.8. The first-order valence-electron chi connectivity index (χ1n) is 15.1. The number of amides is 1. The van der Waals surface area contributed by atoms with Crippen molar-refractivity contribution in [1.29, 1.82) is 0 Å². The van der Waals surface area contributed by atoms with E-state index in [4.69, 9.17) is 14.5 Å². The molecule has 2 aliphatic heterocycles. The number of anilines is 2. The van der Waals surface area contributed by atoms with Crippen LogP contribution in [0, 0.1) is 6.92 Å². The lowest BCUT2D eigenvalue weighted by atomic mass is 9.96. The number of likely N-dealkylation sites (N-methyl/N-ethyl adjacent to an activating group) is 1. The van der Waals surface area contributed by atoms with Gasteiger partial charge in [-0.3, -0.25) is 14.2 Å². The van der Waals surface area contributed by atoms with Gasteiger partial charge in [-0.1, -0.05) is 12.1 Å². The lowest BCUT2D eigenvalue weighted by molar-refractivity contribution is -0.119. The third-order valence-corrected chi connectivity index (χ3v) is 10.3. The summed E-state index contributed by atoms with van der Waals surface area (Å²) >= 11 is 1.65. The second-order valence-electron chi connectivity index (χ2n) is 12.0. The highest BCUT2D eigenvalue weighted by molar-refractivity contribution is 7.09. The molecule has 1 saturated carbocycles. The average molecular weight is 600 g/mol. The number of thiazole rings is 1. The number of carbonyl (C=O) groups excluding carboxylic acids is 1. The number of carbonyl (C=O) groups is 1. The molecule has 3 aliphatic rings. The van der Waals surface area contributed by atoms with E-state index in [9.17, 15) is 9.59 Å². The van der Waals surface area contributed by atoms with Crippen molar-refractivity contribution >= 4 is 39.5 Å². The van der Waals surface area contributed by atoms with E-state index in [0.717, 1.165) is 71.9 Å². The molecule has 1 saturated heterocycles. The normalized spacial score (nSPS) is 19.0. The van der Waals surface area contributed by atoms with Crippen LogP contribution in [0.4, 0.5) is 11.4 Å². The minimum Gasteiger partial charge on any atom is -0.382 e. The first-order valence-corrected chi connectivity index (χ1v) is 16.0. The molecular weight excluding hydrogens is 562 g/mol. The number of hydrogen-bond donors (Lipinski definition) is 0. The van der Waals surface area contributed by atoms with E-state index in [1.54, 1.807) is 18.4 Å². The Balaban J connectivity index is 1.20. The number of aromatic nitrogens is 3. The quantitative estimate of drug-likeness (QED) is 0.287. The number of fused-ring (bicyclic) bond motifs is 3. The Morgan fingerprint density at radius 2 is 1.98 bits per heavy atom. The maximum Gasteiger partial charge on any atom is 0.261 e. The van der Waals surface area contributed by atoms with Crippen molar-refractivity contribution in [3.63, 3.8) is 0 Å². The highest BCUT2D eigenvalue weighted by atomic mass is 32.1. The molecule has 2 aromatic heterocycles. The van der Waals surface area contributed by atoms with Gasteiger partial charge >= 0.3 is 0 Å². The van der Waals surface area contributed by atoms with Crippen LogP contribution in [0.1, 0.15) is 40.4 Å². The molecule has 0 N–H and O–H groups in total. The van der Waals surface area contributed by atoms with Crippen molar-refractivity contribution in [2.24, 2.45) is 0 Å². The van der Waals surface area contributed by atoms with Crippen LogP contribution in [0.2, 0.25) is 0 Å². The van der Waals surface area contributed by atoms with E-state index in [-0.39, 0.29) is 23.0 Å². The monoisotopic (exact) mass is 599 g/mol. The first kappa shape index (κ1) is 28.2. The highest BCUT2D eigenvalue weighted by Crippen LogP contribution is 2.57. The Morgan fingerprint density at radius 3 is 2.74 bits per heavy atom. The predicted octanol–water partition coefficient (Wildman–Crippen LogP) is 4.05. The standard InChI is InChI=1S/C33H37N5O4S/c1-21-29(43-20-34-21)8-9-30-35-27-17-23(37-14-15-42-24(18-37)19-41-3)5-6-25(27)31(39)38(30)13-10-22-4-7-26-28(16-22)36(2)32(40)33(26)11-12-33/h4-7,16-17,20,24H,8-15,18-19H2,1-3H3. The molecule has 4 aromatic rings. The van der Waals surface area contributed by atoms with E-state index in [1.807, 2.05) is 47.1 Å². The lowest BCUT2D eigenvalue weighted by Gasteiger charge is -2.34. The number of methoxy groups -OCH3 is 1. The number of hydrogen-bond acceptors (Lipinski definition) is 8. The van der Waals surface area contributed by atoms with Gasteiger partial charge in [0.25, 0.3) is 5.56 Å². The molecular formula is C33H37N5O4S. The van der Waals surface area contributed by atoms with Gasteiger partial charge in [-0.2, -0.15) is 0 Å². The minimum absolute atomic E-state index is 0.0144. The Morgan fingerprint density at radius 1 is 1.12 bits per heavy atom. The summed E-state index contributed by atoms with van der Waals surface area (Å²) in [5, 5.41) is 0.623. The van der Waals surface area contributed by atoms with Crippen molar-refractivity contribution in [2.75, 3.05) is 50.3 Å². The number of aryl methyl sites for hydroxylation is 4. The van der Waals surface area contributed by atoms with Gasteiger partial charge in [0.05, 0.1) is 46.8 Å². The Kier molecular flexibility index (Phi) is 7.31. The van der Waals surface area contributed by atoms with Crippen LogP contribution in [0.15, 0.2) is 46.7 Å². The fraction of sp³-hybridized carbons (Fsp3) is 0.455. The molecule has 1 atom stereocenters. The van der Waals surface area contributed by atoms with Crippen molar-refractivity contribution in [2.45, 2.75) is 57.1 Å². The zero-order chi connectivity index (χ0) is 29.7. The summed E-state index contributed by atoms with van der Waals surface area (Å²) in [4.78, 5) is 41.7. The summed E-state index contributed by atoms with van der Waals surface area (Å²) in [6.45, 7) is 5.24. The SMILES string of the molecule is COCC1CN(c2ccc3c(=O)n(CCc4ccc5c(c4)N(C)C(=O)C54CC4)c(CCc4scnc4C)nc3c2)CCO1. The molecule has 0 radical (unpaired) electrons. The molecule has 4 heterocycles. The van der Waals surface area contributed by atoms with Gasteiger partial charge < -0.3 is 19.3 Å². The molecule has 1 amide bonds. The topological polar surface area (TPSA) is 89.8 Å². The molecule has 1 spiro atoms. The summed E-state index contributed by atoms with van der Waals surface area (Å²) in [7, 11) is 3.56. The summed E-state index contributed by atoms with van der Waals surface area (Å²) in [5.74, 6) is 0.994. The maximum atomic E-state index is 14.0. The third kappa shape index (κ3) is 5.05. The minimum atomic E-state index is -0.283. The van der Waals surface area contributed by atoms with Gasteiger partial charge in [-0.05, 0) is 68.0 Å². The van der Waals surface area contributed by atoms with E-state index >= 15 is 0 Å². The summed E-state index contributed by atoms with van der Waals surface area (Å²) in [6.07, 6.45) is 3.99. The Labute approximate surface area is 255 Å². The number of rotatable bonds is 9. The fourth-order valence-electron chi connectivity index (χ4n) is 6.72. The summed E-state index contributed by atoms with van der Waals surface area (Å²) in [6, 6.07) is 12.4. The van der Waals surface area contributed by atoms with Crippen molar-refractivity contribution < 1.29 is 14.3 Å².